The molecule has 1 aliphatic rings. The normalized spacial score (nSPS) is 24.1. The predicted octanol–water partition coefficient (Wildman–Crippen LogP) is 2.41. The van der Waals surface area contributed by atoms with Crippen LogP contribution in [0.3, 0.4) is 0 Å². The van der Waals surface area contributed by atoms with Crippen molar-refractivity contribution in [1.29, 1.82) is 0 Å². The zero-order chi connectivity index (χ0) is 14.0. The lowest BCUT2D eigenvalue weighted by Crippen LogP contribution is -2.33. The van der Waals surface area contributed by atoms with Gasteiger partial charge in [0.1, 0.15) is 0 Å². The van der Waals surface area contributed by atoms with Crippen LogP contribution in [-0.2, 0) is 0 Å². The molecule has 1 aromatic carbocycles. The zero-order valence-corrected chi connectivity index (χ0v) is 12.6. The highest BCUT2D eigenvalue weighted by Crippen LogP contribution is 2.24. The van der Waals surface area contributed by atoms with Gasteiger partial charge in [0.2, 0.25) is 0 Å². The third kappa shape index (κ3) is 3.70. The number of aliphatic hydroxyl groups is 1. The molecule has 104 valence electrons. The number of rotatable bonds is 1. The van der Waals surface area contributed by atoms with Gasteiger partial charge >= 0.3 is 0 Å². The first-order valence-electron chi connectivity index (χ1n) is 6.45. The van der Waals surface area contributed by atoms with Crippen molar-refractivity contribution in [2.45, 2.75) is 31.8 Å². The number of nitrogens with zero attached hydrogens (tertiary/aromatic N) is 1. The van der Waals surface area contributed by atoms with Gasteiger partial charge in [-0.05, 0) is 44.4 Å². The number of benzene rings is 1. The first-order chi connectivity index (χ1) is 8.87. The van der Waals surface area contributed by atoms with Gasteiger partial charge in [-0.2, -0.15) is 0 Å². The fourth-order valence-corrected chi connectivity index (χ4v) is 2.90. The number of likely N-dealkylation sites (tertiary alicyclic amines) is 1. The highest BCUT2D eigenvalue weighted by molar-refractivity contribution is 9.10. The van der Waals surface area contributed by atoms with E-state index < -0.39 is 5.60 Å². The average molecular weight is 327 g/mol. The fourth-order valence-electron chi connectivity index (χ4n) is 2.38. The Hall–Kier alpha value is -1.07. The highest BCUT2D eigenvalue weighted by Gasteiger charge is 2.27. The van der Waals surface area contributed by atoms with E-state index in [1.807, 2.05) is 6.92 Å². The van der Waals surface area contributed by atoms with Crippen LogP contribution in [0.1, 0.15) is 36.5 Å². The molecule has 1 fully saturated rings. The van der Waals surface area contributed by atoms with Crippen molar-refractivity contribution >= 4 is 27.5 Å². The topological polar surface area (TPSA) is 66.6 Å². The molecule has 2 rings (SSSR count). The first-order valence-corrected chi connectivity index (χ1v) is 7.24. The van der Waals surface area contributed by atoms with Crippen molar-refractivity contribution in [3.63, 3.8) is 0 Å². The Kier molecular flexibility index (Phi) is 4.16. The van der Waals surface area contributed by atoms with Gasteiger partial charge < -0.3 is 15.7 Å². The minimum absolute atomic E-state index is 0.0225. The molecule has 1 aromatic rings. The number of halogens is 1. The summed E-state index contributed by atoms with van der Waals surface area (Å²) in [6.07, 6.45) is 2.17. The molecule has 1 unspecified atom stereocenters. The molecule has 0 bridgehead atoms. The van der Waals surface area contributed by atoms with Gasteiger partial charge in [-0.15, -0.1) is 0 Å². The molecule has 1 saturated heterocycles. The molecule has 0 aromatic heterocycles. The lowest BCUT2D eigenvalue weighted by atomic mass is 9.98. The molecule has 19 heavy (non-hydrogen) atoms. The smallest absolute Gasteiger partial charge is 0.253 e. The van der Waals surface area contributed by atoms with E-state index in [9.17, 15) is 9.90 Å². The molecule has 5 heteroatoms. The predicted molar refractivity (Wildman–Crippen MR) is 78.9 cm³/mol. The van der Waals surface area contributed by atoms with Crippen LogP contribution < -0.4 is 5.73 Å². The average Bonchev–Trinajstić information content (AvgIpc) is 2.48. The van der Waals surface area contributed by atoms with Crippen LogP contribution in [0.4, 0.5) is 5.69 Å². The van der Waals surface area contributed by atoms with Crippen LogP contribution in [0.15, 0.2) is 22.7 Å². The van der Waals surface area contributed by atoms with Crippen molar-refractivity contribution in [2.24, 2.45) is 0 Å². The Morgan fingerprint density at radius 3 is 2.79 bits per heavy atom. The molecule has 0 aliphatic carbocycles. The third-order valence-corrected chi connectivity index (χ3v) is 3.98. The van der Waals surface area contributed by atoms with Crippen molar-refractivity contribution in [2.75, 3.05) is 18.8 Å². The number of hydrogen-bond donors (Lipinski definition) is 2. The first kappa shape index (κ1) is 14.3. The Morgan fingerprint density at radius 2 is 2.11 bits per heavy atom. The second kappa shape index (κ2) is 5.51. The summed E-state index contributed by atoms with van der Waals surface area (Å²) in [5.74, 6) is -0.0225. The van der Waals surface area contributed by atoms with E-state index in [0.29, 0.717) is 30.8 Å². The maximum atomic E-state index is 12.4. The van der Waals surface area contributed by atoms with Crippen LogP contribution in [-0.4, -0.2) is 34.6 Å². The summed E-state index contributed by atoms with van der Waals surface area (Å²) < 4.78 is 0.803. The summed E-state index contributed by atoms with van der Waals surface area (Å²) >= 11 is 3.35. The molecule has 0 radical (unpaired) electrons. The van der Waals surface area contributed by atoms with Gasteiger partial charge in [0.05, 0.1) is 5.60 Å². The largest absolute Gasteiger partial charge is 0.399 e. The zero-order valence-electron chi connectivity index (χ0n) is 11.0. The molecule has 1 atom stereocenters. The minimum atomic E-state index is -0.661. The highest BCUT2D eigenvalue weighted by atomic mass is 79.9. The van der Waals surface area contributed by atoms with Crippen molar-refractivity contribution in [1.82, 2.24) is 4.90 Å². The second-order valence-corrected chi connectivity index (χ2v) is 6.33. The number of nitrogens with two attached hydrogens (primary N) is 1. The van der Waals surface area contributed by atoms with Gasteiger partial charge in [-0.1, -0.05) is 15.9 Å². The van der Waals surface area contributed by atoms with Gasteiger partial charge in [0, 0.05) is 28.8 Å². The van der Waals surface area contributed by atoms with Crippen LogP contribution >= 0.6 is 15.9 Å². The lowest BCUT2D eigenvalue weighted by Gasteiger charge is -2.22. The standard InChI is InChI=1S/C14H19BrN2O2/c1-14(19)3-2-5-17(6-4-14)13(18)10-7-11(15)9-12(16)8-10/h7-9,19H,2-6,16H2,1H3. The van der Waals surface area contributed by atoms with E-state index in [-0.39, 0.29) is 5.91 Å². The van der Waals surface area contributed by atoms with E-state index >= 15 is 0 Å². The van der Waals surface area contributed by atoms with Crippen molar-refractivity contribution < 1.29 is 9.90 Å². The molecule has 0 spiro atoms. The maximum absolute atomic E-state index is 12.4. The van der Waals surface area contributed by atoms with E-state index in [4.69, 9.17) is 5.73 Å². The van der Waals surface area contributed by atoms with Crippen LogP contribution in [0.5, 0.6) is 0 Å². The summed E-state index contributed by atoms with van der Waals surface area (Å²) in [7, 11) is 0. The molecule has 4 nitrogen and oxygen atoms in total. The Balaban J connectivity index is 2.15. The fraction of sp³-hybridized carbons (Fsp3) is 0.500. The number of anilines is 1. The van der Waals surface area contributed by atoms with E-state index in [2.05, 4.69) is 15.9 Å². The Bertz CT molecular complexity index is 468. The number of hydrogen-bond acceptors (Lipinski definition) is 3. The van der Waals surface area contributed by atoms with E-state index in [1.165, 1.54) is 0 Å². The summed E-state index contributed by atoms with van der Waals surface area (Å²) in [4.78, 5) is 14.2. The quantitative estimate of drug-likeness (QED) is 0.779. The number of amides is 1. The third-order valence-electron chi connectivity index (χ3n) is 3.52. The SMILES string of the molecule is CC1(O)CCCN(C(=O)c2cc(N)cc(Br)c2)CC1. The molecule has 1 amide bonds. The molecular weight excluding hydrogens is 308 g/mol. The molecule has 1 heterocycles. The maximum Gasteiger partial charge on any atom is 0.253 e. The molecule has 1 aliphatic heterocycles. The summed E-state index contributed by atoms with van der Waals surface area (Å²) in [6, 6.07) is 5.24. The second-order valence-electron chi connectivity index (χ2n) is 5.42. The van der Waals surface area contributed by atoms with Gasteiger partial charge in [-0.25, -0.2) is 0 Å². The van der Waals surface area contributed by atoms with Crippen LogP contribution in [0, 0.1) is 0 Å². The van der Waals surface area contributed by atoms with Gasteiger partial charge in [0.25, 0.3) is 5.91 Å². The summed E-state index contributed by atoms with van der Waals surface area (Å²) in [5.41, 5.74) is 6.26. The Labute approximate surface area is 121 Å². The number of nitrogen functional groups attached to an aromatic ring is 1. The van der Waals surface area contributed by atoms with Gasteiger partial charge in [-0.3, -0.25) is 4.79 Å². The Morgan fingerprint density at radius 1 is 1.37 bits per heavy atom. The van der Waals surface area contributed by atoms with Crippen molar-refractivity contribution in [3.8, 4) is 0 Å². The number of carbonyl (C=O) groups excluding carboxylic acids is 1. The monoisotopic (exact) mass is 326 g/mol. The van der Waals surface area contributed by atoms with E-state index in [1.54, 1.807) is 23.1 Å². The van der Waals surface area contributed by atoms with Gasteiger partial charge in [0.15, 0.2) is 0 Å². The lowest BCUT2D eigenvalue weighted by molar-refractivity contribution is 0.0438. The molecular formula is C14H19BrN2O2. The van der Waals surface area contributed by atoms with E-state index in [0.717, 1.165) is 17.3 Å². The summed E-state index contributed by atoms with van der Waals surface area (Å²) in [6.45, 7) is 3.09. The van der Waals surface area contributed by atoms with Crippen LogP contribution in [0.2, 0.25) is 0 Å². The minimum Gasteiger partial charge on any atom is -0.399 e. The van der Waals surface area contributed by atoms with Crippen molar-refractivity contribution in [3.05, 3.63) is 28.2 Å². The molecule has 0 saturated carbocycles. The summed E-state index contributed by atoms with van der Waals surface area (Å²) in [5, 5.41) is 10.0. The van der Waals surface area contributed by atoms with Crippen LogP contribution in [0.25, 0.3) is 0 Å². The molecule has 3 N–H and O–H groups in total. The number of carbonyl (C=O) groups is 1.